The van der Waals surface area contributed by atoms with Gasteiger partial charge in [-0.2, -0.15) is 0 Å². The quantitative estimate of drug-likeness (QED) is 0.564. The lowest BCUT2D eigenvalue weighted by Gasteiger charge is -2.32. The fourth-order valence-electron chi connectivity index (χ4n) is 3.35. The van der Waals surface area contributed by atoms with Gasteiger partial charge >= 0.3 is 0 Å². The number of carbonyl (C=O) groups is 1. The van der Waals surface area contributed by atoms with Crippen molar-refractivity contribution in [1.29, 1.82) is 0 Å². The minimum atomic E-state index is 0.139. The van der Waals surface area contributed by atoms with Crippen molar-refractivity contribution in [3.05, 3.63) is 59.1 Å². The number of likely N-dealkylation sites (N-methyl/N-ethyl adjacent to an activating group) is 1. The van der Waals surface area contributed by atoms with Crippen LogP contribution in [0.25, 0.3) is 17.1 Å². The van der Waals surface area contributed by atoms with Gasteiger partial charge in [-0.25, -0.2) is 0 Å². The van der Waals surface area contributed by atoms with E-state index in [1.54, 1.807) is 0 Å². The Morgan fingerprint density at radius 2 is 1.67 bits per heavy atom. The minimum Gasteiger partial charge on any atom is -0.339 e. The average molecular weight is 442 g/mol. The highest BCUT2D eigenvalue weighted by molar-refractivity contribution is 7.99. The van der Waals surface area contributed by atoms with Gasteiger partial charge in [0.05, 0.1) is 5.75 Å². The summed E-state index contributed by atoms with van der Waals surface area (Å²) >= 11 is 7.48. The topological polar surface area (TPSA) is 54.3 Å². The zero-order valence-electron chi connectivity index (χ0n) is 17.1. The molecule has 0 N–H and O–H groups in total. The van der Waals surface area contributed by atoms with Gasteiger partial charge in [0.25, 0.3) is 0 Å². The van der Waals surface area contributed by atoms with Crippen molar-refractivity contribution in [1.82, 2.24) is 24.6 Å². The Kier molecular flexibility index (Phi) is 6.41. The van der Waals surface area contributed by atoms with Crippen LogP contribution in [-0.2, 0) is 4.79 Å². The predicted molar refractivity (Wildman–Crippen MR) is 121 cm³/mol. The van der Waals surface area contributed by atoms with E-state index in [-0.39, 0.29) is 5.91 Å². The van der Waals surface area contributed by atoms with Gasteiger partial charge in [0.15, 0.2) is 11.0 Å². The standard InChI is InChI=1S/C22H24ClN5OS/c1-16-3-9-19(10-4-16)28-21(17-5-7-18(23)8-6-17)24-25-22(28)30-15-20(29)27-13-11-26(2)12-14-27/h3-10H,11-15H2,1-2H3. The molecule has 1 aliphatic heterocycles. The fraction of sp³-hybridized carbons (Fsp3) is 0.318. The van der Waals surface area contributed by atoms with E-state index in [0.29, 0.717) is 15.9 Å². The average Bonchev–Trinajstić information content (AvgIpc) is 3.17. The number of hydrogen-bond donors (Lipinski definition) is 0. The molecule has 2 aromatic carbocycles. The Hall–Kier alpha value is -2.35. The van der Waals surface area contributed by atoms with Gasteiger partial charge in [-0.3, -0.25) is 9.36 Å². The summed E-state index contributed by atoms with van der Waals surface area (Å²) in [7, 11) is 2.08. The first-order valence-corrected chi connectivity index (χ1v) is 11.2. The van der Waals surface area contributed by atoms with E-state index in [1.807, 2.05) is 45.9 Å². The van der Waals surface area contributed by atoms with Crippen molar-refractivity contribution >= 4 is 29.3 Å². The normalized spacial score (nSPS) is 14.8. The van der Waals surface area contributed by atoms with Crippen LogP contribution in [0.3, 0.4) is 0 Å². The lowest BCUT2D eigenvalue weighted by atomic mass is 10.2. The molecular weight excluding hydrogens is 418 g/mol. The summed E-state index contributed by atoms with van der Waals surface area (Å²) in [5.41, 5.74) is 3.06. The molecule has 6 nitrogen and oxygen atoms in total. The molecule has 0 spiro atoms. The van der Waals surface area contributed by atoms with Gasteiger partial charge in [0, 0.05) is 42.5 Å². The Morgan fingerprint density at radius 3 is 2.33 bits per heavy atom. The third-order valence-corrected chi connectivity index (χ3v) is 6.37. The summed E-state index contributed by atoms with van der Waals surface area (Å²) in [6.45, 7) is 5.43. The summed E-state index contributed by atoms with van der Waals surface area (Å²) in [5.74, 6) is 1.21. The van der Waals surface area contributed by atoms with E-state index in [0.717, 1.165) is 43.3 Å². The number of hydrogen-bond acceptors (Lipinski definition) is 5. The minimum absolute atomic E-state index is 0.139. The van der Waals surface area contributed by atoms with Crippen LogP contribution in [0.1, 0.15) is 5.56 Å². The second-order valence-electron chi connectivity index (χ2n) is 7.46. The molecule has 0 saturated carbocycles. The molecule has 0 unspecified atom stereocenters. The smallest absolute Gasteiger partial charge is 0.233 e. The molecule has 1 amide bonds. The molecule has 4 rings (SSSR count). The highest BCUT2D eigenvalue weighted by Gasteiger charge is 2.21. The van der Waals surface area contributed by atoms with Crippen molar-refractivity contribution in [2.45, 2.75) is 12.1 Å². The Bertz CT molecular complexity index is 1010. The number of amides is 1. The molecule has 0 radical (unpaired) electrons. The number of aromatic nitrogens is 3. The molecule has 1 aromatic heterocycles. The summed E-state index contributed by atoms with van der Waals surface area (Å²) < 4.78 is 2.00. The predicted octanol–water partition coefficient (Wildman–Crippen LogP) is 3.76. The number of rotatable bonds is 5. The van der Waals surface area contributed by atoms with E-state index >= 15 is 0 Å². The highest BCUT2D eigenvalue weighted by Crippen LogP contribution is 2.29. The number of halogens is 1. The van der Waals surface area contributed by atoms with E-state index in [9.17, 15) is 4.79 Å². The molecule has 1 aliphatic rings. The Labute approximate surface area is 185 Å². The fourth-order valence-corrected chi connectivity index (χ4v) is 4.33. The third-order valence-electron chi connectivity index (χ3n) is 5.21. The summed E-state index contributed by atoms with van der Waals surface area (Å²) in [4.78, 5) is 16.9. The Morgan fingerprint density at radius 1 is 1.00 bits per heavy atom. The highest BCUT2D eigenvalue weighted by atomic mass is 35.5. The first-order valence-electron chi connectivity index (χ1n) is 9.89. The van der Waals surface area contributed by atoms with Crippen LogP contribution in [0.5, 0.6) is 0 Å². The number of piperazine rings is 1. The zero-order valence-corrected chi connectivity index (χ0v) is 18.7. The van der Waals surface area contributed by atoms with Crippen molar-refractivity contribution in [3.8, 4) is 17.1 Å². The van der Waals surface area contributed by atoms with Crippen LogP contribution in [-0.4, -0.2) is 69.5 Å². The van der Waals surface area contributed by atoms with Crippen molar-refractivity contribution in [3.63, 3.8) is 0 Å². The van der Waals surface area contributed by atoms with Crippen molar-refractivity contribution < 1.29 is 4.79 Å². The zero-order chi connectivity index (χ0) is 21.1. The van der Waals surface area contributed by atoms with E-state index in [4.69, 9.17) is 11.6 Å². The third kappa shape index (κ3) is 4.69. The lowest BCUT2D eigenvalue weighted by molar-refractivity contribution is -0.129. The van der Waals surface area contributed by atoms with Crippen molar-refractivity contribution in [2.75, 3.05) is 39.0 Å². The second-order valence-corrected chi connectivity index (χ2v) is 8.84. The molecular formula is C22H24ClN5OS. The van der Waals surface area contributed by atoms with Crippen LogP contribution in [0.2, 0.25) is 5.02 Å². The van der Waals surface area contributed by atoms with Gasteiger partial charge in [0.1, 0.15) is 0 Å². The van der Waals surface area contributed by atoms with Gasteiger partial charge in [0.2, 0.25) is 5.91 Å². The van der Waals surface area contributed by atoms with E-state index in [2.05, 4.69) is 41.2 Å². The maximum absolute atomic E-state index is 12.7. The monoisotopic (exact) mass is 441 g/mol. The molecule has 0 bridgehead atoms. The van der Waals surface area contributed by atoms with Crippen LogP contribution < -0.4 is 0 Å². The molecule has 3 aromatic rings. The lowest BCUT2D eigenvalue weighted by Crippen LogP contribution is -2.47. The molecule has 1 saturated heterocycles. The van der Waals surface area contributed by atoms with Crippen LogP contribution in [0.15, 0.2) is 53.7 Å². The van der Waals surface area contributed by atoms with Gasteiger partial charge in [-0.15, -0.1) is 10.2 Å². The first-order chi connectivity index (χ1) is 14.5. The maximum Gasteiger partial charge on any atom is 0.233 e. The summed E-state index contributed by atoms with van der Waals surface area (Å²) in [6.07, 6.45) is 0. The van der Waals surface area contributed by atoms with E-state index < -0.39 is 0 Å². The van der Waals surface area contributed by atoms with Crippen LogP contribution >= 0.6 is 23.4 Å². The number of thioether (sulfide) groups is 1. The maximum atomic E-state index is 12.7. The molecule has 8 heteroatoms. The molecule has 156 valence electrons. The number of benzene rings is 2. The number of carbonyl (C=O) groups excluding carboxylic acids is 1. The number of nitrogens with zero attached hydrogens (tertiary/aromatic N) is 5. The number of aryl methyl sites for hydroxylation is 1. The second kappa shape index (κ2) is 9.20. The largest absolute Gasteiger partial charge is 0.339 e. The summed E-state index contributed by atoms with van der Waals surface area (Å²) in [5, 5.41) is 10.2. The SMILES string of the molecule is Cc1ccc(-n2c(SCC(=O)N3CCN(C)CC3)nnc2-c2ccc(Cl)cc2)cc1. The molecule has 1 fully saturated rings. The first kappa shape index (κ1) is 20.9. The van der Waals surface area contributed by atoms with Gasteiger partial charge < -0.3 is 9.80 Å². The molecule has 0 atom stereocenters. The van der Waals surface area contributed by atoms with Gasteiger partial charge in [-0.1, -0.05) is 41.1 Å². The Balaban J connectivity index is 1.60. The molecule has 2 heterocycles. The summed E-state index contributed by atoms with van der Waals surface area (Å²) in [6, 6.07) is 15.8. The van der Waals surface area contributed by atoms with Crippen molar-refractivity contribution in [2.24, 2.45) is 0 Å². The molecule has 30 heavy (non-hydrogen) atoms. The van der Waals surface area contributed by atoms with E-state index in [1.165, 1.54) is 17.3 Å². The van der Waals surface area contributed by atoms with Crippen LogP contribution in [0.4, 0.5) is 0 Å². The van der Waals surface area contributed by atoms with Gasteiger partial charge in [-0.05, 0) is 50.4 Å². The van der Waals surface area contributed by atoms with Crippen LogP contribution in [0, 0.1) is 6.92 Å². The molecule has 0 aliphatic carbocycles.